The summed E-state index contributed by atoms with van der Waals surface area (Å²) in [6.07, 6.45) is 0.907. The molecule has 1 aromatic heterocycles. The number of aliphatic carboxylic acids is 1. The van der Waals surface area contributed by atoms with E-state index in [0.717, 1.165) is 35.1 Å². The molecule has 4 N–H and O–H groups in total. The standard InChI is InChI=1S/C26H26N4O5/c1-26(13-23(31)32,15-10-11-15)28-24(33)21-12-22(30-29-21)27-25(34)35-14-20-18-8-4-2-6-16(18)17-7-3-5-9-19(17)20/h2-9,12,15,20H,10-11,13-14H2,1H3,(H,28,33)(H,31,32)(H2,27,29,30,34). The Morgan fingerprint density at radius 1 is 1.09 bits per heavy atom. The number of nitrogens with one attached hydrogen (secondary N) is 3. The first kappa shape index (κ1) is 22.6. The van der Waals surface area contributed by atoms with Crippen LogP contribution in [0.4, 0.5) is 10.6 Å². The molecule has 0 spiro atoms. The lowest BCUT2D eigenvalue weighted by molar-refractivity contribution is -0.138. The Kier molecular flexibility index (Phi) is 5.76. The molecule has 2 aliphatic rings. The zero-order chi connectivity index (χ0) is 24.6. The van der Waals surface area contributed by atoms with Crippen LogP contribution in [0.3, 0.4) is 0 Å². The minimum absolute atomic E-state index is 0.0667. The number of benzene rings is 2. The summed E-state index contributed by atoms with van der Waals surface area (Å²) in [5, 5.41) is 21.1. The molecule has 5 rings (SSSR count). The molecule has 0 radical (unpaired) electrons. The number of nitrogens with zero attached hydrogens (tertiary/aromatic N) is 1. The Labute approximate surface area is 201 Å². The summed E-state index contributed by atoms with van der Waals surface area (Å²) in [5.74, 6) is -1.25. The predicted molar refractivity (Wildman–Crippen MR) is 128 cm³/mol. The Morgan fingerprint density at radius 2 is 1.71 bits per heavy atom. The second kappa shape index (κ2) is 8.90. The maximum Gasteiger partial charge on any atom is 0.412 e. The number of carbonyl (C=O) groups excluding carboxylic acids is 2. The molecule has 9 nitrogen and oxygen atoms in total. The Bertz CT molecular complexity index is 1250. The molecule has 3 aromatic rings. The smallest absolute Gasteiger partial charge is 0.412 e. The second-order valence-electron chi connectivity index (χ2n) is 9.33. The van der Waals surface area contributed by atoms with E-state index in [1.54, 1.807) is 6.92 Å². The lowest BCUT2D eigenvalue weighted by atomic mass is 9.91. The van der Waals surface area contributed by atoms with Gasteiger partial charge in [0.1, 0.15) is 12.3 Å². The summed E-state index contributed by atoms with van der Waals surface area (Å²) in [6, 6.07) is 17.5. The maximum atomic E-state index is 12.7. The number of anilines is 1. The zero-order valence-electron chi connectivity index (χ0n) is 19.2. The molecule has 9 heteroatoms. The zero-order valence-corrected chi connectivity index (χ0v) is 19.2. The first-order valence-corrected chi connectivity index (χ1v) is 11.6. The van der Waals surface area contributed by atoms with Gasteiger partial charge < -0.3 is 15.2 Å². The highest BCUT2D eigenvalue weighted by atomic mass is 16.5. The van der Waals surface area contributed by atoms with Crippen LogP contribution in [-0.2, 0) is 9.53 Å². The van der Waals surface area contributed by atoms with Crippen molar-refractivity contribution in [3.63, 3.8) is 0 Å². The van der Waals surface area contributed by atoms with Crippen LogP contribution < -0.4 is 10.6 Å². The van der Waals surface area contributed by atoms with E-state index in [0.29, 0.717) is 0 Å². The molecule has 1 atom stereocenters. The fraction of sp³-hybridized carbons (Fsp3) is 0.308. The number of fused-ring (bicyclic) bond motifs is 3. The average Bonchev–Trinajstić information content (AvgIpc) is 3.51. The van der Waals surface area contributed by atoms with Crippen molar-refractivity contribution in [2.75, 3.05) is 11.9 Å². The van der Waals surface area contributed by atoms with E-state index >= 15 is 0 Å². The quantitative estimate of drug-likeness (QED) is 0.388. The van der Waals surface area contributed by atoms with Gasteiger partial charge in [0.15, 0.2) is 5.82 Å². The highest BCUT2D eigenvalue weighted by Gasteiger charge is 2.44. The average molecular weight is 475 g/mol. The summed E-state index contributed by atoms with van der Waals surface area (Å²) >= 11 is 0. The lowest BCUT2D eigenvalue weighted by Gasteiger charge is -2.29. The molecular formula is C26H26N4O5. The molecule has 0 aliphatic heterocycles. The van der Waals surface area contributed by atoms with Crippen LogP contribution in [-0.4, -0.2) is 45.4 Å². The van der Waals surface area contributed by atoms with Crippen molar-refractivity contribution in [3.05, 3.63) is 71.4 Å². The van der Waals surface area contributed by atoms with E-state index in [1.165, 1.54) is 6.07 Å². The van der Waals surface area contributed by atoms with Crippen molar-refractivity contribution in [3.8, 4) is 11.1 Å². The largest absolute Gasteiger partial charge is 0.481 e. The number of aromatic nitrogens is 2. The second-order valence-corrected chi connectivity index (χ2v) is 9.33. The van der Waals surface area contributed by atoms with Crippen LogP contribution in [0, 0.1) is 5.92 Å². The van der Waals surface area contributed by atoms with Crippen molar-refractivity contribution < 1.29 is 24.2 Å². The Morgan fingerprint density at radius 3 is 2.31 bits per heavy atom. The van der Waals surface area contributed by atoms with Gasteiger partial charge in [0.2, 0.25) is 0 Å². The van der Waals surface area contributed by atoms with Gasteiger partial charge in [0.25, 0.3) is 5.91 Å². The van der Waals surface area contributed by atoms with Gasteiger partial charge in [-0.3, -0.25) is 20.0 Å². The highest BCUT2D eigenvalue weighted by Crippen LogP contribution is 2.44. The fourth-order valence-corrected chi connectivity index (χ4v) is 4.89. The molecular weight excluding hydrogens is 448 g/mol. The number of H-pyrrole nitrogens is 1. The molecule has 2 amide bonds. The Balaban J connectivity index is 1.20. The summed E-state index contributed by atoms with van der Waals surface area (Å²) in [4.78, 5) is 36.4. The van der Waals surface area contributed by atoms with Crippen LogP contribution in [0.15, 0.2) is 54.6 Å². The van der Waals surface area contributed by atoms with Crippen molar-refractivity contribution in [1.29, 1.82) is 0 Å². The van der Waals surface area contributed by atoms with E-state index < -0.39 is 23.5 Å². The fourth-order valence-electron chi connectivity index (χ4n) is 4.89. The third-order valence-electron chi connectivity index (χ3n) is 6.79. The predicted octanol–water partition coefficient (Wildman–Crippen LogP) is 4.14. The SMILES string of the molecule is CC(CC(=O)O)(NC(=O)c1cc(NC(=O)OCC2c3ccccc3-c3ccccc32)n[nH]1)C1CC1. The van der Waals surface area contributed by atoms with Crippen molar-refractivity contribution in [2.45, 2.75) is 37.6 Å². The van der Waals surface area contributed by atoms with Crippen LogP contribution in [0.2, 0.25) is 0 Å². The van der Waals surface area contributed by atoms with Crippen molar-refractivity contribution in [1.82, 2.24) is 15.5 Å². The van der Waals surface area contributed by atoms with E-state index in [4.69, 9.17) is 4.74 Å². The number of rotatable bonds is 8. The summed E-state index contributed by atoms with van der Waals surface area (Å²) in [5.41, 5.74) is 3.79. The van der Waals surface area contributed by atoms with Crippen LogP contribution >= 0.6 is 0 Å². The number of carboxylic acids is 1. The highest BCUT2D eigenvalue weighted by molar-refractivity contribution is 5.95. The summed E-state index contributed by atoms with van der Waals surface area (Å²) < 4.78 is 5.51. The number of carbonyl (C=O) groups is 3. The first-order valence-electron chi connectivity index (χ1n) is 11.6. The van der Waals surface area contributed by atoms with E-state index in [2.05, 4.69) is 33.0 Å². The minimum Gasteiger partial charge on any atom is -0.481 e. The van der Waals surface area contributed by atoms with Gasteiger partial charge in [-0.2, -0.15) is 5.10 Å². The topological polar surface area (TPSA) is 133 Å². The lowest BCUT2D eigenvalue weighted by Crippen LogP contribution is -2.49. The number of hydrogen-bond donors (Lipinski definition) is 4. The van der Waals surface area contributed by atoms with Crippen LogP contribution in [0.25, 0.3) is 11.1 Å². The third kappa shape index (κ3) is 4.62. The van der Waals surface area contributed by atoms with Gasteiger partial charge in [-0.1, -0.05) is 48.5 Å². The number of aromatic amines is 1. The normalized spacial score (nSPS) is 16.0. The summed E-state index contributed by atoms with van der Waals surface area (Å²) in [7, 11) is 0. The molecule has 2 aliphatic carbocycles. The number of ether oxygens (including phenoxy) is 1. The van der Waals surface area contributed by atoms with Crippen molar-refractivity contribution >= 4 is 23.8 Å². The maximum absolute atomic E-state index is 12.7. The van der Waals surface area contributed by atoms with Gasteiger partial charge in [-0.05, 0) is 47.9 Å². The van der Waals surface area contributed by atoms with Crippen LogP contribution in [0.1, 0.15) is 53.7 Å². The Hall–Kier alpha value is -4.14. The van der Waals surface area contributed by atoms with E-state index in [1.807, 2.05) is 36.4 Å². The number of amides is 2. The first-order chi connectivity index (χ1) is 16.8. The molecule has 180 valence electrons. The van der Waals surface area contributed by atoms with E-state index in [-0.39, 0.29) is 36.4 Å². The molecule has 1 saturated carbocycles. The van der Waals surface area contributed by atoms with Gasteiger partial charge in [-0.15, -0.1) is 0 Å². The van der Waals surface area contributed by atoms with Gasteiger partial charge in [-0.25, -0.2) is 4.79 Å². The number of carboxylic acid groups (broad SMARTS) is 1. The molecule has 35 heavy (non-hydrogen) atoms. The third-order valence-corrected chi connectivity index (χ3v) is 6.79. The molecule has 1 fully saturated rings. The van der Waals surface area contributed by atoms with E-state index in [9.17, 15) is 19.5 Å². The number of hydrogen-bond acceptors (Lipinski definition) is 5. The van der Waals surface area contributed by atoms with Gasteiger partial charge >= 0.3 is 12.1 Å². The molecule has 1 heterocycles. The molecule has 0 saturated heterocycles. The molecule has 2 aromatic carbocycles. The van der Waals surface area contributed by atoms with Gasteiger partial charge in [0.05, 0.1) is 12.0 Å². The summed E-state index contributed by atoms with van der Waals surface area (Å²) in [6.45, 7) is 1.90. The van der Waals surface area contributed by atoms with Crippen molar-refractivity contribution in [2.24, 2.45) is 5.92 Å². The molecule has 0 bridgehead atoms. The molecule has 1 unspecified atom stereocenters. The monoisotopic (exact) mass is 474 g/mol. The van der Waals surface area contributed by atoms with Gasteiger partial charge in [0, 0.05) is 12.0 Å². The van der Waals surface area contributed by atoms with Crippen LogP contribution in [0.5, 0.6) is 0 Å². The minimum atomic E-state index is -0.970.